The van der Waals surface area contributed by atoms with Crippen molar-refractivity contribution >= 4 is 9.84 Å². The summed E-state index contributed by atoms with van der Waals surface area (Å²) in [5.74, 6) is 0.745. The molecule has 3 nitrogen and oxygen atoms in total. The highest BCUT2D eigenvalue weighted by molar-refractivity contribution is 7.90. The van der Waals surface area contributed by atoms with Crippen LogP contribution in [0.2, 0.25) is 0 Å². The summed E-state index contributed by atoms with van der Waals surface area (Å²) in [4.78, 5) is 0. The third-order valence-electron chi connectivity index (χ3n) is 2.92. The third-order valence-corrected chi connectivity index (χ3v) is 3.86. The molecule has 0 aliphatic carbocycles. The van der Waals surface area contributed by atoms with Gasteiger partial charge in [-0.1, -0.05) is 45.0 Å². The molecule has 1 aromatic carbocycles. The Bertz CT molecular complexity index is 495. The van der Waals surface area contributed by atoms with Gasteiger partial charge in [0, 0.05) is 12.3 Å². The topological polar surface area (TPSA) is 46.2 Å². The number of benzene rings is 1. The Balaban J connectivity index is 2.95. The molecule has 0 amide bonds. The molecule has 0 heterocycles. The lowest BCUT2D eigenvalue weighted by Gasteiger charge is -2.18. The molecule has 0 fully saturated rings. The van der Waals surface area contributed by atoms with Gasteiger partial charge in [-0.15, -0.1) is 0 Å². The average molecular weight is 283 g/mol. The first kappa shape index (κ1) is 16.2. The maximum Gasteiger partial charge on any atom is 0.149 e. The van der Waals surface area contributed by atoms with Crippen LogP contribution in [0.5, 0.6) is 0 Å². The second-order valence-electron chi connectivity index (χ2n) is 5.55. The number of rotatable bonds is 7. The fourth-order valence-corrected chi connectivity index (χ4v) is 3.15. The number of nitrogens with one attached hydrogen (secondary N) is 1. The van der Waals surface area contributed by atoms with Gasteiger partial charge < -0.3 is 5.32 Å². The molecule has 1 rings (SSSR count). The summed E-state index contributed by atoms with van der Waals surface area (Å²) in [6.45, 7) is 7.12. The zero-order valence-corrected chi connectivity index (χ0v) is 13.1. The van der Waals surface area contributed by atoms with Crippen LogP contribution in [-0.4, -0.2) is 27.0 Å². The fraction of sp³-hybridized carbons (Fsp3) is 0.600. The van der Waals surface area contributed by atoms with Crippen LogP contribution in [0.3, 0.4) is 0 Å². The SMILES string of the molecule is CCNC(CS(C)(=O)=O)c1cccc(CC(C)C)c1. The molecular weight excluding hydrogens is 258 g/mol. The number of hydrogen-bond acceptors (Lipinski definition) is 3. The van der Waals surface area contributed by atoms with Gasteiger partial charge >= 0.3 is 0 Å². The highest BCUT2D eigenvalue weighted by Crippen LogP contribution is 2.18. The van der Waals surface area contributed by atoms with E-state index in [1.165, 1.54) is 11.8 Å². The molecule has 0 aliphatic rings. The molecule has 19 heavy (non-hydrogen) atoms. The van der Waals surface area contributed by atoms with Crippen LogP contribution in [0, 0.1) is 5.92 Å². The molecule has 0 aliphatic heterocycles. The Hall–Kier alpha value is -0.870. The van der Waals surface area contributed by atoms with Crippen LogP contribution in [-0.2, 0) is 16.3 Å². The van der Waals surface area contributed by atoms with Crippen LogP contribution in [0.1, 0.15) is 37.9 Å². The predicted molar refractivity (Wildman–Crippen MR) is 81.1 cm³/mol. The lowest BCUT2D eigenvalue weighted by molar-refractivity contribution is 0.562. The predicted octanol–water partition coefficient (Wildman–Crippen LogP) is 2.58. The summed E-state index contributed by atoms with van der Waals surface area (Å²) in [5, 5.41) is 3.26. The van der Waals surface area contributed by atoms with E-state index in [4.69, 9.17) is 0 Å². The Morgan fingerprint density at radius 1 is 1.26 bits per heavy atom. The van der Waals surface area contributed by atoms with Gasteiger partial charge in [0.2, 0.25) is 0 Å². The van der Waals surface area contributed by atoms with Crippen molar-refractivity contribution in [1.82, 2.24) is 5.32 Å². The summed E-state index contributed by atoms with van der Waals surface area (Å²) in [6.07, 6.45) is 2.31. The van der Waals surface area contributed by atoms with E-state index in [0.29, 0.717) is 5.92 Å². The minimum atomic E-state index is -2.99. The van der Waals surface area contributed by atoms with Gasteiger partial charge in [0.1, 0.15) is 9.84 Å². The smallest absolute Gasteiger partial charge is 0.149 e. The molecule has 0 radical (unpaired) electrons. The maximum atomic E-state index is 11.5. The van der Waals surface area contributed by atoms with E-state index in [9.17, 15) is 8.42 Å². The molecular formula is C15H25NO2S. The van der Waals surface area contributed by atoms with Crippen molar-refractivity contribution in [3.8, 4) is 0 Å². The van der Waals surface area contributed by atoms with Crippen LogP contribution in [0.4, 0.5) is 0 Å². The average Bonchev–Trinajstić information content (AvgIpc) is 2.26. The quantitative estimate of drug-likeness (QED) is 0.836. The van der Waals surface area contributed by atoms with Crippen LogP contribution >= 0.6 is 0 Å². The van der Waals surface area contributed by atoms with Crippen molar-refractivity contribution in [1.29, 1.82) is 0 Å². The molecule has 0 saturated heterocycles. The first-order valence-electron chi connectivity index (χ1n) is 6.81. The van der Waals surface area contributed by atoms with Gasteiger partial charge in [-0.25, -0.2) is 8.42 Å². The van der Waals surface area contributed by atoms with Crippen LogP contribution in [0.15, 0.2) is 24.3 Å². The molecule has 108 valence electrons. The standard InChI is InChI=1S/C15H25NO2S/c1-5-16-15(11-19(4,17)18)14-8-6-7-13(10-14)9-12(2)3/h6-8,10,12,15-16H,5,9,11H2,1-4H3. The first-order chi connectivity index (χ1) is 8.81. The molecule has 0 saturated carbocycles. The molecule has 1 N–H and O–H groups in total. The second-order valence-corrected chi connectivity index (χ2v) is 7.73. The van der Waals surface area contributed by atoms with Gasteiger partial charge in [0.05, 0.1) is 5.75 Å². The second kappa shape index (κ2) is 7.06. The van der Waals surface area contributed by atoms with E-state index in [1.54, 1.807) is 0 Å². The highest BCUT2D eigenvalue weighted by atomic mass is 32.2. The normalized spacial score (nSPS) is 13.7. The molecule has 0 bridgehead atoms. The van der Waals surface area contributed by atoms with Gasteiger partial charge in [-0.05, 0) is 30.0 Å². The van der Waals surface area contributed by atoms with Crippen LogP contribution < -0.4 is 5.32 Å². The largest absolute Gasteiger partial charge is 0.309 e. The third kappa shape index (κ3) is 6.21. The van der Waals surface area contributed by atoms with Crippen molar-refractivity contribution in [2.75, 3.05) is 18.6 Å². The highest BCUT2D eigenvalue weighted by Gasteiger charge is 2.16. The van der Waals surface area contributed by atoms with Crippen molar-refractivity contribution < 1.29 is 8.42 Å². The van der Waals surface area contributed by atoms with E-state index in [-0.39, 0.29) is 11.8 Å². The maximum absolute atomic E-state index is 11.5. The Kier molecular flexibility index (Phi) is 6.01. The monoisotopic (exact) mass is 283 g/mol. The molecule has 0 spiro atoms. The first-order valence-corrected chi connectivity index (χ1v) is 8.87. The van der Waals surface area contributed by atoms with E-state index < -0.39 is 9.84 Å². The van der Waals surface area contributed by atoms with Gasteiger partial charge in [-0.2, -0.15) is 0 Å². The summed E-state index contributed by atoms with van der Waals surface area (Å²) < 4.78 is 23.0. The minimum Gasteiger partial charge on any atom is -0.309 e. The van der Waals surface area contributed by atoms with E-state index in [0.717, 1.165) is 18.5 Å². The Labute approximate surface area is 117 Å². The lowest BCUT2D eigenvalue weighted by Crippen LogP contribution is -2.27. The zero-order chi connectivity index (χ0) is 14.5. The molecule has 4 heteroatoms. The molecule has 1 unspecified atom stereocenters. The van der Waals surface area contributed by atoms with Gasteiger partial charge in [0.25, 0.3) is 0 Å². The molecule has 0 aromatic heterocycles. The molecule has 1 aromatic rings. The Morgan fingerprint density at radius 3 is 2.47 bits per heavy atom. The van der Waals surface area contributed by atoms with Crippen molar-refractivity contribution in [3.05, 3.63) is 35.4 Å². The minimum absolute atomic E-state index is 0.118. The lowest BCUT2D eigenvalue weighted by atomic mass is 9.99. The zero-order valence-electron chi connectivity index (χ0n) is 12.3. The van der Waals surface area contributed by atoms with Crippen molar-refractivity contribution in [3.63, 3.8) is 0 Å². The van der Waals surface area contributed by atoms with E-state index in [2.05, 4.69) is 31.3 Å². The number of hydrogen-bond donors (Lipinski definition) is 1. The summed E-state index contributed by atoms with van der Waals surface area (Å²) >= 11 is 0. The number of sulfone groups is 1. The van der Waals surface area contributed by atoms with Crippen molar-refractivity contribution in [2.45, 2.75) is 33.2 Å². The van der Waals surface area contributed by atoms with Gasteiger partial charge in [0.15, 0.2) is 0 Å². The summed E-state index contributed by atoms with van der Waals surface area (Å²) in [5.41, 5.74) is 2.33. The van der Waals surface area contributed by atoms with E-state index in [1.807, 2.05) is 19.1 Å². The van der Waals surface area contributed by atoms with Crippen molar-refractivity contribution in [2.24, 2.45) is 5.92 Å². The van der Waals surface area contributed by atoms with Crippen LogP contribution in [0.25, 0.3) is 0 Å². The Morgan fingerprint density at radius 2 is 1.95 bits per heavy atom. The van der Waals surface area contributed by atoms with E-state index >= 15 is 0 Å². The summed E-state index contributed by atoms with van der Waals surface area (Å²) in [7, 11) is -2.99. The summed E-state index contributed by atoms with van der Waals surface area (Å²) in [6, 6.07) is 8.13. The molecule has 1 atom stereocenters. The fourth-order valence-electron chi connectivity index (χ4n) is 2.23. The van der Waals surface area contributed by atoms with Gasteiger partial charge in [-0.3, -0.25) is 0 Å².